The van der Waals surface area contributed by atoms with Gasteiger partial charge in [-0.2, -0.15) is 0 Å². The van der Waals surface area contributed by atoms with E-state index in [0.717, 1.165) is 5.56 Å². The molecule has 0 saturated carbocycles. The summed E-state index contributed by atoms with van der Waals surface area (Å²) in [5, 5.41) is 0. The summed E-state index contributed by atoms with van der Waals surface area (Å²) in [5.41, 5.74) is 2.16. The second kappa shape index (κ2) is 5.93. The molecule has 0 bridgehead atoms. The average molecular weight is 262 g/mol. The number of ketones is 2. The van der Waals surface area contributed by atoms with Gasteiger partial charge in [0.25, 0.3) is 0 Å². The number of rotatable bonds is 5. The van der Waals surface area contributed by atoms with E-state index in [1.54, 1.807) is 54.6 Å². The summed E-state index contributed by atoms with van der Waals surface area (Å²) in [6, 6.07) is 13.7. The molecule has 2 heteroatoms. The van der Waals surface area contributed by atoms with Crippen LogP contribution in [0.25, 0.3) is 12.2 Å². The minimum Gasteiger partial charge on any atom is -0.285 e. The molecule has 0 aromatic heterocycles. The van der Waals surface area contributed by atoms with Crippen molar-refractivity contribution in [3.63, 3.8) is 0 Å². The van der Waals surface area contributed by atoms with Crippen LogP contribution in [0.5, 0.6) is 0 Å². The van der Waals surface area contributed by atoms with Gasteiger partial charge in [0.2, 0.25) is 11.6 Å². The molecule has 2 aromatic rings. The van der Waals surface area contributed by atoms with Crippen LogP contribution in [0.1, 0.15) is 31.8 Å². The highest BCUT2D eigenvalue weighted by Gasteiger charge is 2.20. The van der Waals surface area contributed by atoms with Crippen molar-refractivity contribution in [1.82, 2.24) is 0 Å². The third-order valence-corrected chi connectivity index (χ3v) is 3.05. The van der Waals surface area contributed by atoms with Gasteiger partial charge in [-0.05, 0) is 11.1 Å². The summed E-state index contributed by atoms with van der Waals surface area (Å²) in [6.45, 7) is 7.40. The number of carbonyl (C=O) groups excluding carboxylic acids is 2. The maximum Gasteiger partial charge on any atom is 0.234 e. The molecular formula is C18H14O2. The van der Waals surface area contributed by atoms with Crippen molar-refractivity contribution in [3.05, 3.63) is 83.9 Å². The van der Waals surface area contributed by atoms with Gasteiger partial charge in [0.15, 0.2) is 0 Å². The van der Waals surface area contributed by atoms with Crippen molar-refractivity contribution in [2.45, 2.75) is 0 Å². The Balaban J connectivity index is 2.47. The van der Waals surface area contributed by atoms with Crippen LogP contribution in [0.2, 0.25) is 0 Å². The van der Waals surface area contributed by atoms with Gasteiger partial charge in [0.05, 0.1) is 0 Å². The van der Waals surface area contributed by atoms with Crippen LogP contribution >= 0.6 is 0 Å². The molecule has 2 aromatic carbocycles. The van der Waals surface area contributed by atoms with Gasteiger partial charge in [-0.1, -0.05) is 73.8 Å². The van der Waals surface area contributed by atoms with Crippen molar-refractivity contribution in [2.75, 3.05) is 0 Å². The van der Waals surface area contributed by atoms with E-state index in [0.29, 0.717) is 16.7 Å². The highest BCUT2D eigenvalue weighted by molar-refractivity contribution is 6.49. The van der Waals surface area contributed by atoms with Crippen molar-refractivity contribution in [1.29, 1.82) is 0 Å². The molecule has 0 fully saturated rings. The quantitative estimate of drug-likeness (QED) is 0.602. The van der Waals surface area contributed by atoms with Gasteiger partial charge in [0, 0.05) is 11.1 Å². The van der Waals surface area contributed by atoms with Crippen LogP contribution in [0.3, 0.4) is 0 Å². The van der Waals surface area contributed by atoms with Gasteiger partial charge in [-0.15, -0.1) is 0 Å². The summed E-state index contributed by atoms with van der Waals surface area (Å²) < 4.78 is 0. The van der Waals surface area contributed by atoms with Gasteiger partial charge < -0.3 is 0 Å². The van der Waals surface area contributed by atoms with Crippen molar-refractivity contribution in [3.8, 4) is 0 Å². The molecule has 2 nitrogen and oxygen atoms in total. The lowest BCUT2D eigenvalue weighted by Crippen LogP contribution is -2.16. The van der Waals surface area contributed by atoms with Gasteiger partial charge in [0.1, 0.15) is 0 Å². The second-order valence-corrected chi connectivity index (χ2v) is 4.24. The third-order valence-electron chi connectivity index (χ3n) is 3.05. The number of hydrogen-bond acceptors (Lipinski definition) is 2. The van der Waals surface area contributed by atoms with Gasteiger partial charge in [-0.25, -0.2) is 0 Å². The summed E-state index contributed by atoms with van der Waals surface area (Å²) in [7, 11) is 0. The summed E-state index contributed by atoms with van der Waals surface area (Å²) in [6.07, 6.45) is 3.21. The van der Waals surface area contributed by atoms with E-state index < -0.39 is 11.6 Å². The van der Waals surface area contributed by atoms with Gasteiger partial charge in [-0.3, -0.25) is 9.59 Å². The van der Waals surface area contributed by atoms with Crippen LogP contribution in [0, 0.1) is 0 Å². The minimum absolute atomic E-state index is 0.353. The van der Waals surface area contributed by atoms with E-state index in [1.165, 1.54) is 0 Å². The average Bonchev–Trinajstić information content (AvgIpc) is 2.53. The topological polar surface area (TPSA) is 34.1 Å². The highest BCUT2D eigenvalue weighted by atomic mass is 16.2. The largest absolute Gasteiger partial charge is 0.285 e. The molecule has 2 rings (SSSR count). The Kier molecular flexibility index (Phi) is 4.06. The lowest BCUT2D eigenvalue weighted by molar-refractivity contribution is 0.0817. The van der Waals surface area contributed by atoms with E-state index in [9.17, 15) is 9.59 Å². The maximum absolute atomic E-state index is 12.4. The summed E-state index contributed by atoms with van der Waals surface area (Å²) in [5.74, 6) is -1.05. The number of benzene rings is 2. The minimum atomic E-state index is -0.533. The number of hydrogen-bond donors (Lipinski definition) is 0. The fraction of sp³-hybridized carbons (Fsp3) is 0. The molecule has 0 aliphatic heterocycles. The molecule has 0 radical (unpaired) electrons. The lowest BCUT2D eigenvalue weighted by Gasteiger charge is -2.07. The van der Waals surface area contributed by atoms with Crippen LogP contribution in [0.4, 0.5) is 0 Å². The first-order valence-corrected chi connectivity index (χ1v) is 6.21. The Hall–Kier alpha value is -2.74. The van der Waals surface area contributed by atoms with Crippen molar-refractivity contribution < 1.29 is 9.59 Å². The van der Waals surface area contributed by atoms with Crippen LogP contribution in [0.15, 0.2) is 61.7 Å². The molecular weight excluding hydrogens is 248 g/mol. The Morgan fingerprint density at radius 3 is 2.10 bits per heavy atom. The first kappa shape index (κ1) is 13.7. The molecule has 0 atom stereocenters. The zero-order valence-electron chi connectivity index (χ0n) is 11.0. The molecule has 0 amide bonds. The van der Waals surface area contributed by atoms with E-state index >= 15 is 0 Å². The zero-order chi connectivity index (χ0) is 14.5. The number of Topliss-reactive ketones (excluding diaryl/α,β-unsaturated/α-hetero) is 2. The molecule has 0 aliphatic rings. The van der Waals surface area contributed by atoms with E-state index in [1.807, 2.05) is 6.07 Å². The van der Waals surface area contributed by atoms with E-state index in [-0.39, 0.29) is 0 Å². The Labute approximate surface area is 118 Å². The molecule has 0 N–H and O–H groups in total. The predicted molar refractivity (Wildman–Crippen MR) is 81.7 cm³/mol. The smallest absolute Gasteiger partial charge is 0.234 e. The third kappa shape index (κ3) is 2.50. The lowest BCUT2D eigenvalue weighted by atomic mass is 9.94. The SMILES string of the molecule is C=Cc1cccc(C(=O)C(=O)c2ccccc2)c1C=C. The fourth-order valence-corrected chi connectivity index (χ4v) is 2.03. The van der Waals surface area contributed by atoms with Crippen LogP contribution < -0.4 is 0 Å². The van der Waals surface area contributed by atoms with E-state index in [4.69, 9.17) is 0 Å². The standard InChI is InChI=1S/C18H14O2/c1-3-13-11-8-12-16(15(13)4-2)18(20)17(19)14-9-6-5-7-10-14/h3-12H,1-2H2. The monoisotopic (exact) mass is 262 g/mol. The molecule has 0 aliphatic carbocycles. The first-order valence-electron chi connectivity index (χ1n) is 6.21. The molecule has 0 saturated heterocycles. The van der Waals surface area contributed by atoms with Gasteiger partial charge >= 0.3 is 0 Å². The molecule has 0 spiro atoms. The fourth-order valence-electron chi connectivity index (χ4n) is 2.03. The molecule has 98 valence electrons. The predicted octanol–water partition coefficient (Wildman–Crippen LogP) is 4.04. The molecule has 20 heavy (non-hydrogen) atoms. The summed E-state index contributed by atoms with van der Waals surface area (Å²) in [4.78, 5) is 24.6. The maximum atomic E-state index is 12.4. The first-order chi connectivity index (χ1) is 9.69. The molecule has 0 unspecified atom stereocenters. The summed E-state index contributed by atoms with van der Waals surface area (Å²) >= 11 is 0. The number of carbonyl (C=O) groups is 2. The van der Waals surface area contributed by atoms with Crippen molar-refractivity contribution >= 4 is 23.7 Å². The van der Waals surface area contributed by atoms with Crippen molar-refractivity contribution in [2.24, 2.45) is 0 Å². The normalized spacial score (nSPS) is 9.80. The van der Waals surface area contributed by atoms with E-state index in [2.05, 4.69) is 13.2 Å². The Morgan fingerprint density at radius 1 is 0.800 bits per heavy atom. The van der Waals surface area contributed by atoms with Crippen LogP contribution in [-0.2, 0) is 0 Å². The Bertz CT molecular complexity index is 682. The Morgan fingerprint density at radius 2 is 1.50 bits per heavy atom. The molecule has 0 heterocycles. The highest BCUT2D eigenvalue weighted by Crippen LogP contribution is 2.19. The second-order valence-electron chi connectivity index (χ2n) is 4.24. The van der Waals surface area contributed by atoms with Crippen LogP contribution in [-0.4, -0.2) is 11.6 Å². The zero-order valence-corrected chi connectivity index (χ0v) is 11.0.